The van der Waals surface area contributed by atoms with Gasteiger partial charge < -0.3 is 14.0 Å². The van der Waals surface area contributed by atoms with Crippen molar-refractivity contribution in [1.82, 2.24) is 0 Å². The van der Waals surface area contributed by atoms with Crippen molar-refractivity contribution in [3.63, 3.8) is 0 Å². The molecule has 0 spiro atoms. The maximum atomic E-state index is 11.7. The zero-order valence-electron chi connectivity index (χ0n) is 16.0. The topological polar surface area (TPSA) is 44.8 Å². The van der Waals surface area contributed by atoms with Crippen molar-refractivity contribution in [3.8, 4) is 0 Å². The summed E-state index contributed by atoms with van der Waals surface area (Å²) in [4.78, 5) is 11.7. The molecule has 1 fully saturated rings. The Bertz CT molecular complexity index is 658. The first-order valence-corrected chi connectivity index (χ1v) is 8.64. The molecule has 25 heavy (non-hydrogen) atoms. The predicted octanol–water partition coefficient (Wildman–Crippen LogP) is 4.21. The van der Waals surface area contributed by atoms with Crippen LogP contribution in [0.25, 0.3) is 5.57 Å². The highest BCUT2D eigenvalue weighted by molar-refractivity contribution is 6.56. The molecule has 0 atom stereocenters. The molecule has 2 rings (SSSR count). The summed E-state index contributed by atoms with van der Waals surface area (Å²) in [5.41, 5.74) is 1.99. The number of carbonyl (C=O) groups excluding carboxylic acids is 1. The van der Waals surface area contributed by atoms with E-state index >= 15 is 0 Å². The monoisotopic (exact) mass is 342 g/mol. The van der Waals surface area contributed by atoms with Gasteiger partial charge in [0.2, 0.25) is 0 Å². The van der Waals surface area contributed by atoms with E-state index in [0.717, 1.165) is 16.6 Å². The van der Waals surface area contributed by atoms with Gasteiger partial charge in [0.25, 0.3) is 0 Å². The van der Waals surface area contributed by atoms with Crippen LogP contribution in [-0.4, -0.2) is 30.9 Å². The summed E-state index contributed by atoms with van der Waals surface area (Å²) < 4.78 is 17.3. The number of esters is 1. The Balaban J connectivity index is 2.40. The van der Waals surface area contributed by atoms with E-state index in [-0.39, 0.29) is 5.97 Å². The quantitative estimate of drug-likeness (QED) is 0.348. The summed E-state index contributed by atoms with van der Waals surface area (Å²) in [6, 6.07) is 9.88. The largest absolute Gasteiger partial charge is 0.490 e. The highest BCUT2D eigenvalue weighted by Crippen LogP contribution is 2.39. The zero-order valence-corrected chi connectivity index (χ0v) is 16.0. The Morgan fingerprint density at radius 2 is 1.64 bits per heavy atom. The first kappa shape index (κ1) is 19.5. The number of allylic oxidation sites excluding steroid dienone is 3. The lowest BCUT2D eigenvalue weighted by atomic mass is 9.75. The van der Waals surface area contributed by atoms with Gasteiger partial charge in [-0.3, -0.25) is 0 Å². The summed E-state index contributed by atoms with van der Waals surface area (Å²) in [7, 11) is -0.466. The third-order valence-corrected chi connectivity index (χ3v) is 4.79. The first-order valence-electron chi connectivity index (χ1n) is 8.64. The molecule has 1 aromatic rings. The molecule has 1 heterocycles. The Morgan fingerprint density at radius 1 is 1.08 bits per heavy atom. The molecular weight excluding hydrogens is 315 g/mol. The molecule has 0 aromatic heterocycles. The summed E-state index contributed by atoms with van der Waals surface area (Å²) in [5.74, 6) is -0.363. The molecular formula is C20H27BO4. The van der Waals surface area contributed by atoms with Crippen LogP contribution in [0.4, 0.5) is 0 Å². The molecule has 1 saturated heterocycles. The lowest BCUT2D eigenvalue weighted by Crippen LogP contribution is -2.41. The molecule has 1 aliphatic heterocycles. The number of ether oxygens (including phenoxy) is 1. The molecule has 1 aromatic carbocycles. The van der Waals surface area contributed by atoms with E-state index in [1.807, 2.05) is 65.0 Å². The van der Waals surface area contributed by atoms with Crippen molar-refractivity contribution >= 4 is 18.7 Å². The summed E-state index contributed by atoms with van der Waals surface area (Å²) in [6.07, 6.45) is 3.22. The Labute approximate surface area is 151 Å². The van der Waals surface area contributed by atoms with Gasteiger partial charge in [-0.2, -0.15) is 0 Å². The van der Waals surface area contributed by atoms with Gasteiger partial charge in [-0.15, -0.1) is 0 Å². The minimum absolute atomic E-state index is 0.351. The SMILES string of the molecule is CCOC(=O)C=CC(=C(C)B1OC(C)(C)C(C)(C)O1)c1ccccc1. The molecule has 0 amide bonds. The lowest BCUT2D eigenvalue weighted by Gasteiger charge is -2.32. The summed E-state index contributed by atoms with van der Waals surface area (Å²) >= 11 is 0. The van der Waals surface area contributed by atoms with Crippen molar-refractivity contribution in [2.45, 2.75) is 52.7 Å². The van der Waals surface area contributed by atoms with Crippen LogP contribution in [0.2, 0.25) is 0 Å². The van der Waals surface area contributed by atoms with E-state index in [1.54, 1.807) is 13.0 Å². The fourth-order valence-corrected chi connectivity index (χ4v) is 2.56. The number of hydrogen-bond acceptors (Lipinski definition) is 4. The van der Waals surface area contributed by atoms with E-state index in [0.29, 0.717) is 6.61 Å². The van der Waals surface area contributed by atoms with Gasteiger partial charge in [-0.05, 0) is 64.2 Å². The number of hydrogen-bond donors (Lipinski definition) is 0. The molecule has 0 radical (unpaired) electrons. The second-order valence-electron chi connectivity index (χ2n) is 7.14. The number of benzene rings is 1. The maximum absolute atomic E-state index is 11.7. The average Bonchev–Trinajstić information content (AvgIpc) is 2.77. The average molecular weight is 342 g/mol. The fraction of sp³-hybridized carbons (Fsp3) is 0.450. The first-order chi connectivity index (χ1) is 11.7. The maximum Gasteiger partial charge on any atom is 0.490 e. The van der Waals surface area contributed by atoms with Crippen LogP contribution in [0.1, 0.15) is 47.1 Å². The predicted molar refractivity (Wildman–Crippen MR) is 101 cm³/mol. The van der Waals surface area contributed by atoms with Crippen molar-refractivity contribution < 1.29 is 18.8 Å². The van der Waals surface area contributed by atoms with Gasteiger partial charge in [0.15, 0.2) is 0 Å². The van der Waals surface area contributed by atoms with Crippen LogP contribution in [0.5, 0.6) is 0 Å². The minimum Gasteiger partial charge on any atom is -0.463 e. The number of carbonyl (C=O) groups is 1. The van der Waals surface area contributed by atoms with E-state index < -0.39 is 18.3 Å². The van der Waals surface area contributed by atoms with E-state index in [1.165, 1.54) is 6.08 Å². The van der Waals surface area contributed by atoms with E-state index in [4.69, 9.17) is 14.0 Å². The van der Waals surface area contributed by atoms with Crippen molar-refractivity contribution in [3.05, 3.63) is 53.5 Å². The third kappa shape index (κ3) is 4.41. The van der Waals surface area contributed by atoms with Gasteiger partial charge >= 0.3 is 13.1 Å². The van der Waals surface area contributed by atoms with Gasteiger partial charge in [0.1, 0.15) is 0 Å². The highest BCUT2D eigenvalue weighted by atomic mass is 16.7. The van der Waals surface area contributed by atoms with Crippen LogP contribution in [0, 0.1) is 0 Å². The van der Waals surface area contributed by atoms with Gasteiger partial charge in [-0.25, -0.2) is 4.79 Å². The summed E-state index contributed by atoms with van der Waals surface area (Å²) in [5, 5.41) is 0. The molecule has 1 aliphatic rings. The van der Waals surface area contributed by atoms with E-state index in [9.17, 15) is 4.79 Å². The zero-order chi connectivity index (χ0) is 18.7. The molecule has 134 valence electrons. The molecule has 5 heteroatoms. The van der Waals surface area contributed by atoms with Crippen LogP contribution < -0.4 is 0 Å². The third-order valence-electron chi connectivity index (χ3n) is 4.79. The van der Waals surface area contributed by atoms with E-state index in [2.05, 4.69) is 0 Å². The molecule has 4 nitrogen and oxygen atoms in total. The normalized spacial score (nSPS) is 19.8. The lowest BCUT2D eigenvalue weighted by molar-refractivity contribution is -0.137. The molecule has 0 N–H and O–H groups in total. The van der Waals surface area contributed by atoms with Crippen LogP contribution in [-0.2, 0) is 18.8 Å². The molecule has 0 unspecified atom stereocenters. The van der Waals surface area contributed by atoms with Gasteiger partial charge in [-0.1, -0.05) is 30.3 Å². The fourth-order valence-electron chi connectivity index (χ4n) is 2.56. The summed E-state index contributed by atoms with van der Waals surface area (Å²) in [6.45, 7) is 12.2. The van der Waals surface area contributed by atoms with Crippen molar-refractivity contribution in [2.75, 3.05) is 6.61 Å². The number of rotatable bonds is 5. The standard InChI is InChI=1S/C20H27BO4/c1-7-23-18(22)14-13-17(16-11-9-8-10-12-16)15(2)21-24-19(3,4)20(5,6)25-21/h8-14H,7H2,1-6H3. The van der Waals surface area contributed by atoms with Crippen molar-refractivity contribution in [2.24, 2.45) is 0 Å². The minimum atomic E-state index is -0.466. The van der Waals surface area contributed by atoms with Crippen LogP contribution in [0.15, 0.2) is 48.0 Å². The molecule has 0 bridgehead atoms. The second kappa shape index (κ2) is 7.59. The van der Waals surface area contributed by atoms with Crippen molar-refractivity contribution in [1.29, 1.82) is 0 Å². The smallest absolute Gasteiger partial charge is 0.463 e. The van der Waals surface area contributed by atoms with Crippen LogP contribution >= 0.6 is 0 Å². The second-order valence-corrected chi connectivity index (χ2v) is 7.14. The van der Waals surface area contributed by atoms with Crippen LogP contribution in [0.3, 0.4) is 0 Å². The Morgan fingerprint density at radius 3 is 2.16 bits per heavy atom. The molecule has 0 saturated carbocycles. The highest BCUT2D eigenvalue weighted by Gasteiger charge is 2.52. The van der Waals surface area contributed by atoms with Gasteiger partial charge in [0.05, 0.1) is 17.8 Å². The molecule has 0 aliphatic carbocycles. The van der Waals surface area contributed by atoms with Gasteiger partial charge in [0, 0.05) is 6.08 Å². The Kier molecular flexibility index (Phi) is 5.91. The Hall–Kier alpha value is -1.85.